The summed E-state index contributed by atoms with van der Waals surface area (Å²) in [5.41, 5.74) is 6.68. The number of nitrogens with two attached hydrogens (primary N) is 1. The Bertz CT molecular complexity index is 496. The monoisotopic (exact) mass is 261 g/mol. The molecule has 5 nitrogen and oxygen atoms in total. The fourth-order valence-corrected chi connectivity index (χ4v) is 1.77. The third kappa shape index (κ3) is 3.57. The van der Waals surface area contributed by atoms with Crippen molar-refractivity contribution in [3.05, 3.63) is 11.4 Å². The van der Waals surface area contributed by atoms with Crippen LogP contribution < -0.4 is 10.6 Å². The molecule has 0 aliphatic heterocycles. The second-order valence-electron chi connectivity index (χ2n) is 6.04. The maximum Gasteiger partial charge on any atom is 0.138 e. The first kappa shape index (κ1) is 15.2. The van der Waals surface area contributed by atoms with Gasteiger partial charge in [0, 0.05) is 24.6 Å². The van der Waals surface area contributed by atoms with Gasteiger partial charge in [-0.2, -0.15) is 5.26 Å². The molecule has 2 N–H and O–H groups in total. The van der Waals surface area contributed by atoms with Crippen molar-refractivity contribution >= 4 is 11.6 Å². The second kappa shape index (κ2) is 5.43. The van der Waals surface area contributed by atoms with Gasteiger partial charge in [-0.25, -0.2) is 9.97 Å². The average Bonchev–Trinajstić information content (AvgIpc) is 2.30. The molecule has 0 aliphatic rings. The van der Waals surface area contributed by atoms with Gasteiger partial charge in [0.1, 0.15) is 17.5 Å². The lowest BCUT2D eigenvalue weighted by Gasteiger charge is -2.25. The van der Waals surface area contributed by atoms with Crippen LogP contribution in [-0.4, -0.2) is 23.6 Å². The van der Waals surface area contributed by atoms with E-state index in [0.717, 1.165) is 17.2 Å². The lowest BCUT2D eigenvalue weighted by Crippen LogP contribution is -2.27. The van der Waals surface area contributed by atoms with Gasteiger partial charge in [0.2, 0.25) is 0 Å². The summed E-state index contributed by atoms with van der Waals surface area (Å²) in [6.07, 6.45) is 0. The molecule has 104 valence electrons. The molecule has 1 heterocycles. The Balaban J connectivity index is 3.20. The van der Waals surface area contributed by atoms with Gasteiger partial charge < -0.3 is 10.6 Å². The zero-order valence-electron chi connectivity index (χ0n) is 12.7. The Kier molecular flexibility index (Phi) is 4.35. The Morgan fingerprint density at radius 2 is 1.95 bits per heavy atom. The van der Waals surface area contributed by atoms with Crippen LogP contribution in [0.2, 0.25) is 0 Å². The molecule has 19 heavy (non-hydrogen) atoms. The van der Waals surface area contributed by atoms with Crippen LogP contribution >= 0.6 is 0 Å². The van der Waals surface area contributed by atoms with Crippen molar-refractivity contribution in [2.45, 2.75) is 40.0 Å². The number of nitriles is 1. The minimum Gasteiger partial charge on any atom is -0.383 e. The molecule has 1 aromatic rings. The van der Waals surface area contributed by atoms with Gasteiger partial charge in [-0.1, -0.05) is 20.8 Å². The van der Waals surface area contributed by atoms with E-state index in [1.54, 1.807) is 0 Å². The van der Waals surface area contributed by atoms with Gasteiger partial charge >= 0.3 is 0 Å². The summed E-state index contributed by atoms with van der Waals surface area (Å²) in [6, 6.07) is 2.23. The molecule has 0 amide bonds. The summed E-state index contributed by atoms with van der Waals surface area (Å²) in [7, 11) is 1.93. The SMILES string of the molecule is Cc1c(N)nc(C(C)(C)C)nc1N(C)CC(C)C#N. The van der Waals surface area contributed by atoms with Gasteiger partial charge in [0.15, 0.2) is 0 Å². The summed E-state index contributed by atoms with van der Waals surface area (Å²) in [5, 5.41) is 8.90. The van der Waals surface area contributed by atoms with Crippen molar-refractivity contribution in [1.29, 1.82) is 5.26 Å². The van der Waals surface area contributed by atoms with Gasteiger partial charge in [-0.05, 0) is 13.8 Å². The number of hydrogen-bond donors (Lipinski definition) is 1. The molecule has 0 saturated heterocycles. The summed E-state index contributed by atoms with van der Waals surface area (Å²) >= 11 is 0. The van der Waals surface area contributed by atoms with Gasteiger partial charge in [-0.3, -0.25) is 0 Å². The molecule has 0 aromatic carbocycles. The van der Waals surface area contributed by atoms with Crippen LogP contribution in [0.3, 0.4) is 0 Å². The Morgan fingerprint density at radius 1 is 1.37 bits per heavy atom. The van der Waals surface area contributed by atoms with E-state index in [4.69, 9.17) is 11.0 Å². The Labute approximate surface area is 115 Å². The maximum atomic E-state index is 8.90. The predicted molar refractivity (Wildman–Crippen MR) is 77.9 cm³/mol. The minimum absolute atomic E-state index is 0.0568. The van der Waals surface area contributed by atoms with Crippen LogP contribution in [-0.2, 0) is 5.41 Å². The van der Waals surface area contributed by atoms with Crippen molar-refractivity contribution < 1.29 is 0 Å². The highest BCUT2D eigenvalue weighted by Crippen LogP contribution is 2.26. The molecule has 1 aromatic heterocycles. The van der Waals surface area contributed by atoms with Crippen molar-refractivity contribution in [1.82, 2.24) is 9.97 Å². The highest BCUT2D eigenvalue weighted by Gasteiger charge is 2.22. The van der Waals surface area contributed by atoms with Crippen molar-refractivity contribution in [3.8, 4) is 6.07 Å². The van der Waals surface area contributed by atoms with E-state index in [1.807, 2.05) is 25.8 Å². The first-order chi connectivity index (χ1) is 8.66. The largest absolute Gasteiger partial charge is 0.383 e. The van der Waals surface area contributed by atoms with Crippen LogP contribution in [0.25, 0.3) is 0 Å². The van der Waals surface area contributed by atoms with E-state index in [1.165, 1.54) is 0 Å². The highest BCUT2D eigenvalue weighted by molar-refractivity contribution is 5.56. The predicted octanol–water partition coefficient (Wildman–Crippen LogP) is 2.26. The Hall–Kier alpha value is -1.83. The summed E-state index contributed by atoms with van der Waals surface area (Å²) in [4.78, 5) is 10.9. The van der Waals surface area contributed by atoms with E-state index >= 15 is 0 Å². The normalized spacial score (nSPS) is 12.9. The molecule has 0 bridgehead atoms. The van der Waals surface area contributed by atoms with E-state index in [0.29, 0.717) is 12.4 Å². The number of nitrogen functional groups attached to an aromatic ring is 1. The lowest BCUT2D eigenvalue weighted by atomic mass is 9.95. The molecular formula is C14H23N5. The minimum atomic E-state index is -0.155. The number of hydrogen-bond acceptors (Lipinski definition) is 5. The molecule has 0 saturated carbocycles. The third-order valence-corrected chi connectivity index (χ3v) is 2.96. The smallest absolute Gasteiger partial charge is 0.138 e. The van der Waals surface area contributed by atoms with Gasteiger partial charge in [0.25, 0.3) is 0 Å². The summed E-state index contributed by atoms with van der Waals surface area (Å²) in [6.45, 7) is 10.6. The number of aromatic nitrogens is 2. The molecule has 0 aliphatic carbocycles. The average molecular weight is 261 g/mol. The number of anilines is 2. The standard InChI is InChI=1S/C14H23N5/c1-9(7-15)8-19(6)12-10(2)11(16)17-13(18-12)14(3,4)5/h9H,8H2,1-6H3,(H2,16,17,18). The van der Waals surface area contributed by atoms with E-state index < -0.39 is 0 Å². The zero-order chi connectivity index (χ0) is 14.8. The van der Waals surface area contributed by atoms with Crippen LogP contribution in [0.1, 0.15) is 39.1 Å². The molecule has 0 radical (unpaired) electrons. The first-order valence-corrected chi connectivity index (χ1v) is 6.42. The van der Waals surface area contributed by atoms with Crippen LogP contribution in [0, 0.1) is 24.2 Å². The summed E-state index contributed by atoms with van der Waals surface area (Å²) < 4.78 is 0. The van der Waals surface area contributed by atoms with Crippen LogP contribution in [0.15, 0.2) is 0 Å². The van der Waals surface area contributed by atoms with Crippen molar-refractivity contribution in [2.24, 2.45) is 5.92 Å². The van der Waals surface area contributed by atoms with E-state index in [2.05, 4.69) is 36.8 Å². The molecule has 0 spiro atoms. The summed E-state index contributed by atoms with van der Waals surface area (Å²) in [5.74, 6) is 1.98. The lowest BCUT2D eigenvalue weighted by molar-refractivity contribution is 0.544. The van der Waals surface area contributed by atoms with Crippen LogP contribution in [0.4, 0.5) is 11.6 Å². The highest BCUT2D eigenvalue weighted by atomic mass is 15.2. The van der Waals surface area contributed by atoms with Crippen LogP contribution in [0.5, 0.6) is 0 Å². The van der Waals surface area contributed by atoms with E-state index in [9.17, 15) is 0 Å². The topological polar surface area (TPSA) is 78.8 Å². The fraction of sp³-hybridized carbons (Fsp3) is 0.643. The quantitative estimate of drug-likeness (QED) is 0.902. The molecule has 0 fully saturated rings. The second-order valence-corrected chi connectivity index (χ2v) is 6.04. The first-order valence-electron chi connectivity index (χ1n) is 6.42. The molecule has 1 atom stereocenters. The molecular weight excluding hydrogens is 238 g/mol. The number of rotatable bonds is 3. The third-order valence-electron chi connectivity index (χ3n) is 2.96. The molecule has 1 rings (SSSR count). The van der Waals surface area contributed by atoms with Crippen molar-refractivity contribution in [3.63, 3.8) is 0 Å². The fourth-order valence-electron chi connectivity index (χ4n) is 1.77. The molecule has 5 heteroatoms. The molecule has 1 unspecified atom stereocenters. The van der Waals surface area contributed by atoms with Gasteiger partial charge in [-0.15, -0.1) is 0 Å². The van der Waals surface area contributed by atoms with Crippen molar-refractivity contribution in [2.75, 3.05) is 24.2 Å². The van der Waals surface area contributed by atoms with Gasteiger partial charge in [0.05, 0.1) is 12.0 Å². The zero-order valence-corrected chi connectivity index (χ0v) is 12.7. The Morgan fingerprint density at radius 3 is 2.42 bits per heavy atom. The van der Waals surface area contributed by atoms with E-state index in [-0.39, 0.29) is 11.3 Å². The number of nitrogens with zero attached hydrogens (tertiary/aromatic N) is 4. The maximum absolute atomic E-state index is 8.90.